The number of imidazole rings is 1. The van der Waals surface area contributed by atoms with Crippen molar-refractivity contribution in [2.45, 2.75) is 45.8 Å². The second kappa shape index (κ2) is 8.13. The Labute approximate surface area is 184 Å². The van der Waals surface area contributed by atoms with Crippen LogP contribution in [-0.2, 0) is 13.1 Å². The molecule has 164 valence electrons. The van der Waals surface area contributed by atoms with Crippen molar-refractivity contribution in [2.75, 3.05) is 18.0 Å². The summed E-state index contributed by atoms with van der Waals surface area (Å²) in [5.74, 6) is 7.13. The maximum Gasteiger partial charge on any atom is 0.293 e. The summed E-state index contributed by atoms with van der Waals surface area (Å²) in [5, 5.41) is 4.34. The third-order valence-electron chi connectivity index (χ3n) is 5.84. The molecule has 0 spiro atoms. The van der Waals surface area contributed by atoms with Crippen molar-refractivity contribution in [1.29, 1.82) is 0 Å². The highest BCUT2D eigenvalue weighted by atomic mass is 16.3. The predicted octanol–water partition coefficient (Wildman–Crippen LogP) is 2.04. The Morgan fingerprint density at radius 2 is 2.19 bits per heavy atom. The van der Waals surface area contributed by atoms with Gasteiger partial charge in [0.15, 0.2) is 5.58 Å². The summed E-state index contributed by atoms with van der Waals surface area (Å²) < 4.78 is 9.09. The molecule has 0 aliphatic carbocycles. The minimum Gasteiger partial charge on any atom is -0.439 e. The van der Waals surface area contributed by atoms with E-state index in [4.69, 9.17) is 15.1 Å². The molecule has 5 rings (SSSR count). The highest BCUT2D eigenvalue weighted by Crippen LogP contribution is 2.23. The van der Waals surface area contributed by atoms with Crippen LogP contribution >= 0.6 is 0 Å². The summed E-state index contributed by atoms with van der Waals surface area (Å²) in [6, 6.07) is 5.86. The average molecular weight is 432 g/mol. The molecule has 3 aromatic heterocycles. The molecular formula is C23H25N7O2. The van der Waals surface area contributed by atoms with Gasteiger partial charge in [0, 0.05) is 19.1 Å². The van der Waals surface area contributed by atoms with Crippen LogP contribution in [0.1, 0.15) is 31.2 Å². The molecule has 9 nitrogen and oxygen atoms in total. The number of nitrogens with two attached hydrogens (primary N) is 1. The zero-order valence-electron chi connectivity index (χ0n) is 18.2. The molecular weight excluding hydrogens is 406 g/mol. The first kappa shape index (κ1) is 20.3. The topological polar surface area (TPSA) is 108 Å². The van der Waals surface area contributed by atoms with Crippen LogP contribution in [0.25, 0.3) is 22.1 Å². The number of rotatable bonds is 4. The summed E-state index contributed by atoms with van der Waals surface area (Å²) in [7, 11) is 0. The standard InChI is InChI=1S/C23H25N7O2/c1-3-4-11-29-21-17(26-23(29)28-10-6-8-16(24)13-28)12-25-30(22(21)31)14-19-27-20-15(2)7-5-9-18(20)32-19/h5,7,9,12,16H,6,8,10-11,13-14,24H2,1-2H3/t16-/m1/s1. The number of aryl methyl sites for hydroxylation is 1. The van der Waals surface area contributed by atoms with Crippen LogP contribution in [0.15, 0.2) is 33.6 Å². The molecule has 32 heavy (non-hydrogen) atoms. The Balaban J connectivity index is 1.58. The molecule has 0 unspecified atom stereocenters. The van der Waals surface area contributed by atoms with Gasteiger partial charge < -0.3 is 15.1 Å². The lowest BCUT2D eigenvalue weighted by Gasteiger charge is -2.31. The van der Waals surface area contributed by atoms with Crippen LogP contribution in [0.4, 0.5) is 5.95 Å². The smallest absolute Gasteiger partial charge is 0.293 e. The summed E-state index contributed by atoms with van der Waals surface area (Å²) in [4.78, 5) is 24.9. The fraction of sp³-hybridized carbons (Fsp3) is 0.391. The van der Waals surface area contributed by atoms with Gasteiger partial charge in [-0.15, -0.1) is 5.92 Å². The zero-order valence-corrected chi connectivity index (χ0v) is 18.2. The van der Waals surface area contributed by atoms with E-state index in [-0.39, 0.29) is 18.1 Å². The summed E-state index contributed by atoms with van der Waals surface area (Å²) >= 11 is 0. The lowest BCUT2D eigenvalue weighted by molar-refractivity contribution is 0.482. The molecule has 0 saturated carbocycles. The summed E-state index contributed by atoms with van der Waals surface area (Å²) in [5.41, 5.74) is 9.47. The van der Waals surface area contributed by atoms with Crippen molar-refractivity contribution >= 4 is 28.1 Å². The summed E-state index contributed by atoms with van der Waals surface area (Å²) in [6.45, 7) is 5.82. The summed E-state index contributed by atoms with van der Waals surface area (Å²) in [6.07, 6.45) is 3.60. The van der Waals surface area contributed by atoms with E-state index in [1.54, 1.807) is 13.1 Å². The van der Waals surface area contributed by atoms with E-state index in [0.29, 0.717) is 41.5 Å². The molecule has 1 aliphatic rings. The van der Waals surface area contributed by atoms with E-state index in [1.165, 1.54) is 4.68 Å². The van der Waals surface area contributed by atoms with E-state index in [1.807, 2.05) is 29.7 Å². The molecule has 1 fully saturated rings. The predicted molar refractivity (Wildman–Crippen MR) is 123 cm³/mol. The molecule has 1 atom stereocenters. The van der Waals surface area contributed by atoms with Gasteiger partial charge in [0.1, 0.15) is 23.1 Å². The van der Waals surface area contributed by atoms with Crippen LogP contribution in [0.3, 0.4) is 0 Å². The van der Waals surface area contributed by atoms with Crippen molar-refractivity contribution < 1.29 is 4.42 Å². The number of fused-ring (bicyclic) bond motifs is 2. The third-order valence-corrected chi connectivity index (χ3v) is 5.84. The molecule has 1 aromatic carbocycles. The van der Waals surface area contributed by atoms with Crippen molar-refractivity contribution in [3.05, 3.63) is 46.2 Å². The van der Waals surface area contributed by atoms with E-state index >= 15 is 0 Å². The van der Waals surface area contributed by atoms with E-state index < -0.39 is 0 Å². The lowest BCUT2D eigenvalue weighted by Crippen LogP contribution is -2.44. The number of oxazole rings is 1. The Hall–Kier alpha value is -3.64. The molecule has 0 amide bonds. The van der Waals surface area contributed by atoms with Gasteiger partial charge >= 0.3 is 0 Å². The molecule has 0 bridgehead atoms. The fourth-order valence-electron chi connectivity index (χ4n) is 4.25. The fourth-order valence-corrected chi connectivity index (χ4v) is 4.25. The normalized spacial score (nSPS) is 16.5. The lowest BCUT2D eigenvalue weighted by atomic mass is 10.1. The molecule has 1 saturated heterocycles. The third kappa shape index (κ3) is 3.52. The number of benzene rings is 1. The monoisotopic (exact) mass is 431 g/mol. The van der Waals surface area contributed by atoms with Gasteiger partial charge in [0.25, 0.3) is 5.56 Å². The van der Waals surface area contributed by atoms with Gasteiger partial charge in [0.2, 0.25) is 11.8 Å². The van der Waals surface area contributed by atoms with Gasteiger partial charge in [0.05, 0.1) is 12.7 Å². The minimum atomic E-state index is -0.251. The Kier molecular flexibility index (Phi) is 5.15. The average Bonchev–Trinajstić information content (AvgIpc) is 3.36. The Bertz CT molecular complexity index is 1420. The van der Waals surface area contributed by atoms with Gasteiger partial charge in [-0.3, -0.25) is 9.36 Å². The van der Waals surface area contributed by atoms with Crippen LogP contribution < -0.4 is 16.2 Å². The number of anilines is 1. The van der Waals surface area contributed by atoms with E-state index in [0.717, 1.165) is 30.5 Å². The number of hydrogen-bond donors (Lipinski definition) is 1. The number of piperidine rings is 1. The molecule has 4 aromatic rings. The van der Waals surface area contributed by atoms with Gasteiger partial charge in [-0.1, -0.05) is 18.1 Å². The molecule has 1 aliphatic heterocycles. The van der Waals surface area contributed by atoms with Crippen molar-refractivity contribution in [3.8, 4) is 11.8 Å². The van der Waals surface area contributed by atoms with Gasteiger partial charge in [-0.25, -0.2) is 14.6 Å². The maximum absolute atomic E-state index is 13.4. The van der Waals surface area contributed by atoms with E-state index in [9.17, 15) is 4.79 Å². The molecule has 0 radical (unpaired) electrons. The van der Waals surface area contributed by atoms with Crippen molar-refractivity contribution in [1.82, 2.24) is 24.3 Å². The first-order valence-corrected chi connectivity index (χ1v) is 10.8. The Morgan fingerprint density at radius 1 is 1.31 bits per heavy atom. The first-order valence-electron chi connectivity index (χ1n) is 10.8. The number of hydrogen-bond acceptors (Lipinski definition) is 7. The first-order chi connectivity index (χ1) is 15.5. The number of nitrogens with zero attached hydrogens (tertiary/aromatic N) is 6. The minimum absolute atomic E-state index is 0.0895. The van der Waals surface area contributed by atoms with E-state index in [2.05, 4.69) is 26.8 Å². The zero-order chi connectivity index (χ0) is 22.2. The largest absolute Gasteiger partial charge is 0.439 e. The van der Waals surface area contributed by atoms with Crippen LogP contribution in [-0.4, -0.2) is 43.4 Å². The molecule has 9 heteroatoms. The molecule has 2 N–H and O–H groups in total. The van der Waals surface area contributed by atoms with Gasteiger partial charge in [-0.05, 0) is 38.3 Å². The maximum atomic E-state index is 13.4. The SMILES string of the molecule is CC#CCn1c(N2CCC[C@@H](N)C2)nc2cnn(Cc3nc4c(C)cccc4o3)c(=O)c21. The second-order valence-electron chi connectivity index (χ2n) is 8.14. The van der Waals surface area contributed by atoms with Crippen LogP contribution in [0.2, 0.25) is 0 Å². The van der Waals surface area contributed by atoms with Crippen molar-refractivity contribution in [2.24, 2.45) is 5.73 Å². The van der Waals surface area contributed by atoms with Crippen LogP contribution in [0, 0.1) is 18.8 Å². The highest BCUT2D eigenvalue weighted by molar-refractivity contribution is 5.77. The quantitative estimate of drug-likeness (QED) is 0.493. The van der Waals surface area contributed by atoms with Gasteiger partial charge in [-0.2, -0.15) is 5.10 Å². The highest BCUT2D eigenvalue weighted by Gasteiger charge is 2.24. The Morgan fingerprint density at radius 3 is 2.97 bits per heavy atom. The second-order valence-corrected chi connectivity index (χ2v) is 8.14. The number of para-hydroxylation sites is 1. The molecule has 4 heterocycles. The number of aromatic nitrogens is 5. The van der Waals surface area contributed by atoms with Crippen LogP contribution in [0.5, 0.6) is 0 Å². The van der Waals surface area contributed by atoms with Crippen molar-refractivity contribution in [3.63, 3.8) is 0 Å².